The number of rotatable bonds is 1. The number of hydrogen-bond donors (Lipinski definition) is 3. The van der Waals surface area contributed by atoms with Gasteiger partial charge in [0.25, 0.3) is 0 Å². The number of aromatic nitrogens is 3. The van der Waals surface area contributed by atoms with Crippen LogP contribution in [0.25, 0.3) is 11.0 Å². The molecule has 0 saturated heterocycles. The number of pyridine rings is 1. The van der Waals surface area contributed by atoms with Gasteiger partial charge >= 0.3 is 0 Å². The molecule has 3 atom stereocenters. The predicted octanol–water partition coefficient (Wildman–Crippen LogP) is 0.236. The van der Waals surface area contributed by atoms with Gasteiger partial charge in [0.05, 0.1) is 17.9 Å². The molecule has 6 nitrogen and oxygen atoms in total. The lowest BCUT2D eigenvalue weighted by atomic mass is 10.1. The third kappa shape index (κ3) is 1.43. The Kier molecular flexibility index (Phi) is 2.36. The molecule has 0 aliphatic heterocycles. The summed E-state index contributed by atoms with van der Waals surface area (Å²) in [6, 6.07) is 1.46. The van der Waals surface area contributed by atoms with E-state index in [1.54, 1.807) is 30.1 Å². The largest absolute Gasteiger partial charge is 0.388 e. The van der Waals surface area contributed by atoms with Crippen LogP contribution in [0.15, 0.2) is 30.2 Å². The molecule has 2 heterocycles. The molecule has 2 aromatic heterocycles. The quantitative estimate of drug-likeness (QED) is 0.626. The molecule has 0 amide bonds. The molecule has 4 N–H and O–H groups in total. The van der Waals surface area contributed by atoms with Crippen molar-refractivity contribution < 1.29 is 10.2 Å². The zero-order valence-electron chi connectivity index (χ0n) is 9.85. The van der Waals surface area contributed by atoms with Crippen molar-refractivity contribution in [2.75, 3.05) is 5.73 Å². The van der Waals surface area contributed by atoms with Crippen LogP contribution in [-0.2, 0) is 0 Å². The molecule has 2 aromatic rings. The Morgan fingerprint density at radius 1 is 1.33 bits per heavy atom. The van der Waals surface area contributed by atoms with Crippen LogP contribution in [-0.4, -0.2) is 37.0 Å². The van der Waals surface area contributed by atoms with Crippen LogP contribution in [0.4, 0.5) is 5.82 Å². The first-order chi connectivity index (χ1) is 8.59. The number of hydrogen-bond acceptors (Lipinski definition) is 5. The fourth-order valence-electron chi connectivity index (χ4n) is 2.39. The smallest absolute Gasteiger partial charge is 0.151 e. The van der Waals surface area contributed by atoms with E-state index in [0.717, 1.165) is 11.1 Å². The number of nitrogens with zero attached hydrogens (tertiary/aromatic N) is 3. The summed E-state index contributed by atoms with van der Waals surface area (Å²) < 4.78 is 1.80. The molecule has 0 spiro atoms. The number of aliphatic hydroxyl groups excluding tert-OH is 2. The monoisotopic (exact) mass is 246 g/mol. The van der Waals surface area contributed by atoms with Crippen LogP contribution in [0.3, 0.4) is 0 Å². The fraction of sp³-hybridized carbons (Fsp3) is 0.333. The predicted molar refractivity (Wildman–Crippen MR) is 66.7 cm³/mol. The third-order valence-electron chi connectivity index (χ3n) is 3.42. The highest BCUT2D eigenvalue weighted by Crippen LogP contribution is 2.32. The van der Waals surface area contributed by atoms with E-state index in [1.807, 2.05) is 6.08 Å². The van der Waals surface area contributed by atoms with Gasteiger partial charge in [-0.1, -0.05) is 6.08 Å². The van der Waals surface area contributed by atoms with E-state index in [4.69, 9.17) is 5.73 Å². The van der Waals surface area contributed by atoms with E-state index in [0.29, 0.717) is 11.3 Å². The average molecular weight is 246 g/mol. The zero-order valence-corrected chi connectivity index (χ0v) is 9.85. The van der Waals surface area contributed by atoms with Gasteiger partial charge in [-0.2, -0.15) is 0 Å². The first-order valence-corrected chi connectivity index (χ1v) is 5.71. The highest BCUT2D eigenvalue weighted by Gasteiger charge is 2.34. The molecule has 0 fully saturated rings. The van der Waals surface area contributed by atoms with E-state index in [1.165, 1.54) is 0 Å². The van der Waals surface area contributed by atoms with Gasteiger partial charge in [-0.25, -0.2) is 9.97 Å². The lowest BCUT2D eigenvalue weighted by molar-refractivity contribution is 0.0330. The second kappa shape index (κ2) is 3.79. The van der Waals surface area contributed by atoms with Crippen molar-refractivity contribution in [1.29, 1.82) is 0 Å². The molecular formula is C12H14N4O2. The van der Waals surface area contributed by atoms with E-state index in [9.17, 15) is 10.2 Å². The summed E-state index contributed by atoms with van der Waals surface area (Å²) in [7, 11) is 0. The van der Waals surface area contributed by atoms with Gasteiger partial charge in [-0.05, 0) is 18.6 Å². The van der Waals surface area contributed by atoms with Crippen LogP contribution in [0, 0.1) is 0 Å². The summed E-state index contributed by atoms with van der Waals surface area (Å²) in [6.07, 6.45) is 3.36. The SMILES string of the molecule is CC1=CC(n2cnc3c(N)nccc32)C(O)C1O. The van der Waals surface area contributed by atoms with Gasteiger partial charge in [0, 0.05) is 6.20 Å². The summed E-state index contributed by atoms with van der Waals surface area (Å²) in [5.74, 6) is 0.361. The molecule has 18 heavy (non-hydrogen) atoms. The number of anilines is 1. The van der Waals surface area contributed by atoms with Gasteiger partial charge in [0.2, 0.25) is 0 Å². The van der Waals surface area contributed by atoms with Crippen molar-refractivity contribution in [2.45, 2.75) is 25.2 Å². The summed E-state index contributed by atoms with van der Waals surface area (Å²) in [6.45, 7) is 1.79. The topological polar surface area (TPSA) is 97.2 Å². The number of nitrogen functional groups attached to an aromatic ring is 1. The lowest BCUT2D eigenvalue weighted by Crippen LogP contribution is -2.28. The van der Waals surface area contributed by atoms with Gasteiger partial charge in [0.15, 0.2) is 5.82 Å². The molecule has 0 radical (unpaired) electrons. The van der Waals surface area contributed by atoms with E-state index < -0.39 is 12.2 Å². The summed E-state index contributed by atoms with van der Waals surface area (Å²) >= 11 is 0. The van der Waals surface area contributed by atoms with Gasteiger partial charge in [-0.15, -0.1) is 0 Å². The van der Waals surface area contributed by atoms with Crippen molar-refractivity contribution >= 4 is 16.9 Å². The third-order valence-corrected chi connectivity index (χ3v) is 3.42. The second-order valence-corrected chi connectivity index (χ2v) is 4.55. The Morgan fingerprint density at radius 3 is 2.78 bits per heavy atom. The normalized spacial score (nSPS) is 27.7. The molecule has 0 saturated carbocycles. The van der Waals surface area contributed by atoms with Crippen LogP contribution in [0.1, 0.15) is 13.0 Å². The van der Waals surface area contributed by atoms with Crippen molar-refractivity contribution in [3.63, 3.8) is 0 Å². The van der Waals surface area contributed by atoms with Crippen LogP contribution >= 0.6 is 0 Å². The maximum absolute atomic E-state index is 10.0. The van der Waals surface area contributed by atoms with Gasteiger partial charge in [0.1, 0.15) is 17.7 Å². The molecule has 1 aliphatic rings. The Morgan fingerprint density at radius 2 is 2.11 bits per heavy atom. The molecule has 3 unspecified atom stereocenters. The highest BCUT2D eigenvalue weighted by atomic mass is 16.3. The van der Waals surface area contributed by atoms with E-state index in [-0.39, 0.29) is 6.04 Å². The van der Waals surface area contributed by atoms with E-state index in [2.05, 4.69) is 9.97 Å². The molecule has 0 aromatic carbocycles. The maximum Gasteiger partial charge on any atom is 0.151 e. The van der Waals surface area contributed by atoms with Crippen molar-refractivity contribution in [3.8, 4) is 0 Å². The van der Waals surface area contributed by atoms with Crippen LogP contribution in [0.5, 0.6) is 0 Å². The molecule has 3 rings (SSSR count). The Labute approximate surface area is 103 Å². The molecule has 0 bridgehead atoms. The second-order valence-electron chi connectivity index (χ2n) is 4.55. The van der Waals surface area contributed by atoms with E-state index >= 15 is 0 Å². The molecule has 1 aliphatic carbocycles. The number of nitrogens with two attached hydrogens (primary N) is 1. The fourth-order valence-corrected chi connectivity index (χ4v) is 2.39. The number of imidazole rings is 1. The summed E-state index contributed by atoms with van der Waals surface area (Å²) in [5.41, 5.74) is 7.91. The summed E-state index contributed by atoms with van der Waals surface area (Å²) in [4.78, 5) is 8.17. The van der Waals surface area contributed by atoms with Crippen LogP contribution in [0.2, 0.25) is 0 Å². The molecule has 94 valence electrons. The summed E-state index contributed by atoms with van der Waals surface area (Å²) in [5, 5.41) is 19.8. The Hall–Kier alpha value is -1.92. The standard InChI is InChI=1S/C12H14N4O2/c1-6-4-8(11(18)10(6)17)16-5-15-9-7(16)2-3-14-12(9)13/h2-5,8,10-11,17-18H,1H3,(H2,13,14). The highest BCUT2D eigenvalue weighted by molar-refractivity contribution is 5.84. The van der Waals surface area contributed by atoms with Crippen molar-refractivity contribution in [3.05, 3.63) is 30.2 Å². The number of fused-ring (bicyclic) bond motifs is 1. The zero-order chi connectivity index (χ0) is 12.9. The average Bonchev–Trinajstić information content (AvgIpc) is 2.88. The minimum atomic E-state index is -0.864. The lowest BCUT2D eigenvalue weighted by Gasteiger charge is -2.19. The van der Waals surface area contributed by atoms with Gasteiger partial charge < -0.3 is 20.5 Å². The van der Waals surface area contributed by atoms with Crippen molar-refractivity contribution in [2.24, 2.45) is 0 Å². The van der Waals surface area contributed by atoms with Crippen molar-refractivity contribution in [1.82, 2.24) is 14.5 Å². The first kappa shape index (κ1) is 11.2. The van der Waals surface area contributed by atoms with Gasteiger partial charge in [-0.3, -0.25) is 0 Å². The molecular weight excluding hydrogens is 232 g/mol. The first-order valence-electron chi connectivity index (χ1n) is 5.71. The van der Waals surface area contributed by atoms with Crippen LogP contribution < -0.4 is 5.73 Å². The minimum absolute atomic E-state index is 0.327. The molecule has 6 heteroatoms. The Balaban J connectivity index is 2.14. The Bertz CT molecular complexity index is 634. The maximum atomic E-state index is 10.0. The minimum Gasteiger partial charge on any atom is -0.388 e. The number of aliphatic hydroxyl groups is 2.